The fourth-order valence-corrected chi connectivity index (χ4v) is 2.14. The van der Waals surface area contributed by atoms with Crippen molar-refractivity contribution < 1.29 is 14.0 Å². The average molecular weight is 279 g/mol. The van der Waals surface area contributed by atoms with Gasteiger partial charge in [-0.05, 0) is 43.7 Å². The van der Waals surface area contributed by atoms with E-state index in [2.05, 4.69) is 10.6 Å². The third kappa shape index (κ3) is 3.54. The number of aryl methyl sites for hydroxylation is 1. The maximum Gasteiger partial charge on any atom is 0.313 e. The normalized spacial score (nSPS) is 15.6. The molecule has 0 bridgehead atoms. The molecule has 0 saturated carbocycles. The second-order valence-electron chi connectivity index (χ2n) is 4.81. The Morgan fingerprint density at radius 2 is 2.10 bits per heavy atom. The van der Waals surface area contributed by atoms with Crippen LogP contribution in [0.25, 0.3) is 0 Å². The van der Waals surface area contributed by atoms with Crippen molar-refractivity contribution in [1.82, 2.24) is 10.2 Å². The number of carbonyl (C=O) groups excluding carboxylic acids is 2. The molecule has 20 heavy (non-hydrogen) atoms. The summed E-state index contributed by atoms with van der Waals surface area (Å²) in [7, 11) is 0. The van der Waals surface area contributed by atoms with Crippen LogP contribution in [-0.2, 0) is 9.59 Å². The number of nitrogens with one attached hydrogen (secondary N) is 2. The highest BCUT2D eigenvalue weighted by Gasteiger charge is 2.22. The highest BCUT2D eigenvalue weighted by atomic mass is 19.1. The Labute approximate surface area is 117 Å². The summed E-state index contributed by atoms with van der Waals surface area (Å²) >= 11 is 0. The lowest BCUT2D eigenvalue weighted by molar-refractivity contribution is -0.143. The van der Waals surface area contributed by atoms with E-state index in [9.17, 15) is 14.0 Å². The maximum absolute atomic E-state index is 13.0. The molecule has 5 nitrogen and oxygen atoms in total. The lowest BCUT2D eigenvalue weighted by atomic mass is 10.2. The van der Waals surface area contributed by atoms with Crippen LogP contribution in [0.4, 0.5) is 10.1 Å². The molecule has 6 heteroatoms. The number of hydrogen-bond acceptors (Lipinski definition) is 3. The van der Waals surface area contributed by atoms with Crippen molar-refractivity contribution in [2.45, 2.75) is 13.3 Å². The summed E-state index contributed by atoms with van der Waals surface area (Å²) < 4.78 is 13.0. The molecule has 1 saturated heterocycles. The molecule has 1 fully saturated rings. The summed E-state index contributed by atoms with van der Waals surface area (Å²) in [5.74, 6) is -1.59. The fourth-order valence-electron chi connectivity index (χ4n) is 2.14. The molecule has 2 amide bonds. The minimum atomic E-state index is -0.679. The number of rotatable bonds is 1. The molecule has 1 aromatic rings. The van der Waals surface area contributed by atoms with Gasteiger partial charge in [-0.1, -0.05) is 0 Å². The number of carbonyl (C=O) groups is 2. The van der Waals surface area contributed by atoms with Crippen LogP contribution in [-0.4, -0.2) is 42.9 Å². The van der Waals surface area contributed by atoms with Gasteiger partial charge in [-0.25, -0.2) is 4.39 Å². The molecule has 0 unspecified atom stereocenters. The van der Waals surface area contributed by atoms with Crippen LogP contribution in [0.2, 0.25) is 0 Å². The van der Waals surface area contributed by atoms with Gasteiger partial charge in [0.1, 0.15) is 5.82 Å². The molecule has 0 aliphatic carbocycles. The zero-order chi connectivity index (χ0) is 14.5. The summed E-state index contributed by atoms with van der Waals surface area (Å²) in [4.78, 5) is 25.5. The van der Waals surface area contributed by atoms with Gasteiger partial charge in [0.25, 0.3) is 0 Å². The first-order valence-electron chi connectivity index (χ1n) is 6.65. The van der Waals surface area contributed by atoms with Gasteiger partial charge in [0.15, 0.2) is 0 Å². The van der Waals surface area contributed by atoms with Crippen molar-refractivity contribution in [3.63, 3.8) is 0 Å². The third-order valence-corrected chi connectivity index (χ3v) is 3.26. The second-order valence-corrected chi connectivity index (χ2v) is 4.81. The van der Waals surface area contributed by atoms with Crippen molar-refractivity contribution >= 4 is 17.5 Å². The van der Waals surface area contributed by atoms with Crippen LogP contribution in [0.3, 0.4) is 0 Å². The highest BCUT2D eigenvalue weighted by Crippen LogP contribution is 2.15. The molecule has 0 radical (unpaired) electrons. The number of anilines is 1. The van der Waals surface area contributed by atoms with E-state index in [1.807, 2.05) is 0 Å². The van der Waals surface area contributed by atoms with E-state index >= 15 is 0 Å². The molecule has 0 spiro atoms. The molecule has 2 N–H and O–H groups in total. The van der Waals surface area contributed by atoms with E-state index in [1.54, 1.807) is 6.92 Å². The van der Waals surface area contributed by atoms with Gasteiger partial charge < -0.3 is 15.5 Å². The molecule has 0 atom stereocenters. The number of amides is 2. The topological polar surface area (TPSA) is 61.4 Å². The van der Waals surface area contributed by atoms with Gasteiger partial charge in [-0.15, -0.1) is 0 Å². The molecule has 1 heterocycles. The molecular formula is C14H18FN3O2. The smallest absolute Gasteiger partial charge is 0.313 e. The van der Waals surface area contributed by atoms with Crippen LogP contribution < -0.4 is 10.6 Å². The van der Waals surface area contributed by atoms with Crippen LogP contribution in [0, 0.1) is 12.7 Å². The van der Waals surface area contributed by atoms with E-state index in [0.29, 0.717) is 30.9 Å². The van der Waals surface area contributed by atoms with E-state index in [1.165, 1.54) is 23.1 Å². The Hall–Kier alpha value is -1.95. The summed E-state index contributed by atoms with van der Waals surface area (Å²) in [6.07, 6.45) is 0.828. The minimum absolute atomic E-state index is 0.370. The van der Waals surface area contributed by atoms with Crippen LogP contribution in [0.15, 0.2) is 18.2 Å². The summed E-state index contributed by atoms with van der Waals surface area (Å²) in [5.41, 5.74) is 1.04. The minimum Gasteiger partial charge on any atom is -0.333 e. The molecule has 108 valence electrons. The van der Waals surface area contributed by atoms with Crippen molar-refractivity contribution in [3.8, 4) is 0 Å². The van der Waals surface area contributed by atoms with Gasteiger partial charge >= 0.3 is 11.8 Å². The first kappa shape index (κ1) is 14.5. The molecule has 0 aromatic heterocycles. The Morgan fingerprint density at radius 3 is 2.85 bits per heavy atom. The Bertz CT molecular complexity index is 511. The average Bonchev–Trinajstić information content (AvgIpc) is 2.70. The van der Waals surface area contributed by atoms with Gasteiger partial charge in [-0.3, -0.25) is 9.59 Å². The molecule has 2 rings (SSSR count). The largest absolute Gasteiger partial charge is 0.333 e. The zero-order valence-electron chi connectivity index (χ0n) is 11.4. The number of hydrogen-bond donors (Lipinski definition) is 2. The van der Waals surface area contributed by atoms with Gasteiger partial charge in [0.05, 0.1) is 0 Å². The van der Waals surface area contributed by atoms with E-state index in [-0.39, 0.29) is 5.82 Å². The number of nitrogens with zero attached hydrogens (tertiary/aromatic N) is 1. The van der Waals surface area contributed by atoms with E-state index in [4.69, 9.17) is 0 Å². The van der Waals surface area contributed by atoms with Crippen LogP contribution in [0.5, 0.6) is 0 Å². The highest BCUT2D eigenvalue weighted by molar-refractivity contribution is 6.39. The zero-order valence-corrected chi connectivity index (χ0v) is 11.4. The SMILES string of the molecule is Cc1cc(F)ccc1NC(=O)C(=O)N1CCCNCC1. The van der Waals surface area contributed by atoms with Crippen LogP contribution in [0.1, 0.15) is 12.0 Å². The number of halogens is 1. The fraction of sp³-hybridized carbons (Fsp3) is 0.429. The quantitative estimate of drug-likeness (QED) is 0.751. The summed E-state index contributed by atoms with van der Waals surface area (Å²) in [5, 5.41) is 5.71. The van der Waals surface area contributed by atoms with Crippen molar-refractivity contribution in [2.75, 3.05) is 31.5 Å². The molecule has 1 aliphatic rings. The van der Waals surface area contributed by atoms with E-state index < -0.39 is 11.8 Å². The van der Waals surface area contributed by atoms with Gasteiger partial charge in [-0.2, -0.15) is 0 Å². The Kier molecular flexibility index (Phi) is 4.68. The summed E-state index contributed by atoms with van der Waals surface area (Å²) in [6, 6.07) is 4.03. The number of benzene rings is 1. The summed E-state index contributed by atoms with van der Waals surface area (Å²) in [6.45, 7) is 4.31. The Morgan fingerprint density at radius 1 is 1.30 bits per heavy atom. The van der Waals surface area contributed by atoms with Gasteiger partial charge in [0.2, 0.25) is 0 Å². The lowest BCUT2D eigenvalue weighted by Gasteiger charge is -2.19. The second kappa shape index (κ2) is 6.47. The van der Waals surface area contributed by atoms with Crippen molar-refractivity contribution in [1.29, 1.82) is 0 Å². The van der Waals surface area contributed by atoms with Crippen molar-refractivity contribution in [3.05, 3.63) is 29.6 Å². The van der Waals surface area contributed by atoms with E-state index in [0.717, 1.165) is 13.0 Å². The third-order valence-electron chi connectivity index (χ3n) is 3.26. The maximum atomic E-state index is 13.0. The first-order chi connectivity index (χ1) is 9.58. The van der Waals surface area contributed by atoms with Crippen LogP contribution >= 0.6 is 0 Å². The lowest BCUT2D eigenvalue weighted by Crippen LogP contribution is -2.41. The monoisotopic (exact) mass is 279 g/mol. The predicted octanol–water partition coefficient (Wildman–Crippen LogP) is 0.895. The Balaban J connectivity index is 2.01. The molecule has 1 aromatic carbocycles. The first-order valence-corrected chi connectivity index (χ1v) is 6.65. The molecule has 1 aliphatic heterocycles. The van der Waals surface area contributed by atoms with Crippen molar-refractivity contribution in [2.24, 2.45) is 0 Å². The molecular weight excluding hydrogens is 261 g/mol. The predicted molar refractivity (Wildman–Crippen MR) is 73.8 cm³/mol. The standard InChI is InChI=1S/C14H18FN3O2/c1-10-9-11(15)3-4-12(10)17-13(19)14(20)18-7-2-5-16-6-8-18/h3-4,9,16H,2,5-8H2,1H3,(H,17,19). The van der Waals surface area contributed by atoms with Gasteiger partial charge in [0, 0.05) is 25.3 Å².